The Labute approximate surface area is 163 Å². The standard InChI is InChI=1S/C22H20N2O4/c1-27-17-12-16(13-18(14-17)28-2)23-22(26)19-10-6-7-11-20(19)24-21(25)15-8-4-3-5-9-15/h3-14H,1-2H3,(H,23,26)(H,24,25). The molecule has 0 spiro atoms. The minimum Gasteiger partial charge on any atom is -0.497 e. The lowest BCUT2D eigenvalue weighted by molar-refractivity contribution is 0.102. The number of carbonyl (C=O) groups excluding carboxylic acids is 2. The molecule has 3 rings (SSSR count). The Kier molecular flexibility index (Phi) is 5.91. The van der Waals surface area contributed by atoms with Gasteiger partial charge in [0, 0.05) is 29.4 Å². The highest BCUT2D eigenvalue weighted by atomic mass is 16.5. The zero-order valence-corrected chi connectivity index (χ0v) is 15.6. The molecule has 0 atom stereocenters. The summed E-state index contributed by atoms with van der Waals surface area (Å²) in [5, 5.41) is 5.60. The van der Waals surface area contributed by atoms with Gasteiger partial charge in [0.15, 0.2) is 0 Å². The van der Waals surface area contributed by atoms with Gasteiger partial charge in [0.25, 0.3) is 11.8 Å². The number of methoxy groups -OCH3 is 2. The van der Waals surface area contributed by atoms with Crippen LogP contribution < -0.4 is 20.1 Å². The van der Waals surface area contributed by atoms with Crippen LogP contribution in [0.25, 0.3) is 0 Å². The molecule has 0 radical (unpaired) electrons. The van der Waals surface area contributed by atoms with Crippen molar-refractivity contribution in [2.45, 2.75) is 0 Å². The summed E-state index contributed by atoms with van der Waals surface area (Å²) in [4.78, 5) is 25.2. The third-order valence-electron chi connectivity index (χ3n) is 4.07. The van der Waals surface area contributed by atoms with Gasteiger partial charge in [0.2, 0.25) is 0 Å². The van der Waals surface area contributed by atoms with E-state index < -0.39 is 0 Å². The van der Waals surface area contributed by atoms with Gasteiger partial charge in [-0.25, -0.2) is 0 Å². The molecule has 2 N–H and O–H groups in total. The Balaban J connectivity index is 1.82. The SMILES string of the molecule is COc1cc(NC(=O)c2ccccc2NC(=O)c2ccccc2)cc(OC)c1. The maximum absolute atomic E-state index is 12.8. The molecule has 0 aliphatic carbocycles. The Bertz CT molecular complexity index is 965. The lowest BCUT2D eigenvalue weighted by atomic mass is 10.1. The van der Waals surface area contributed by atoms with Crippen LogP contribution in [-0.4, -0.2) is 26.0 Å². The van der Waals surface area contributed by atoms with E-state index in [0.29, 0.717) is 34.0 Å². The van der Waals surface area contributed by atoms with Gasteiger partial charge in [-0.2, -0.15) is 0 Å². The molecular weight excluding hydrogens is 356 g/mol. The van der Waals surface area contributed by atoms with Crippen molar-refractivity contribution in [3.8, 4) is 11.5 Å². The maximum Gasteiger partial charge on any atom is 0.257 e. The van der Waals surface area contributed by atoms with E-state index in [1.807, 2.05) is 6.07 Å². The topological polar surface area (TPSA) is 76.7 Å². The lowest BCUT2D eigenvalue weighted by Crippen LogP contribution is -2.18. The van der Waals surface area contributed by atoms with E-state index in [2.05, 4.69) is 10.6 Å². The fraction of sp³-hybridized carbons (Fsp3) is 0.0909. The summed E-state index contributed by atoms with van der Waals surface area (Å²) in [5.74, 6) is 0.462. The summed E-state index contributed by atoms with van der Waals surface area (Å²) in [6.07, 6.45) is 0. The molecule has 0 saturated heterocycles. The highest BCUT2D eigenvalue weighted by Crippen LogP contribution is 2.27. The quantitative estimate of drug-likeness (QED) is 0.676. The van der Waals surface area contributed by atoms with Crippen molar-refractivity contribution in [2.24, 2.45) is 0 Å². The molecule has 3 aromatic rings. The van der Waals surface area contributed by atoms with Gasteiger partial charge >= 0.3 is 0 Å². The number of anilines is 2. The Morgan fingerprint density at radius 3 is 1.96 bits per heavy atom. The van der Waals surface area contributed by atoms with Crippen molar-refractivity contribution in [1.82, 2.24) is 0 Å². The Hall–Kier alpha value is -3.80. The van der Waals surface area contributed by atoms with Gasteiger partial charge in [-0.3, -0.25) is 9.59 Å². The third-order valence-corrected chi connectivity index (χ3v) is 4.07. The van der Waals surface area contributed by atoms with Gasteiger partial charge in [-0.15, -0.1) is 0 Å². The third kappa shape index (κ3) is 4.48. The van der Waals surface area contributed by atoms with Crippen molar-refractivity contribution in [2.75, 3.05) is 24.9 Å². The van der Waals surface area contributed by atoms with E-state index in [1.165, 1.54) is 14.2 Å². The molecule has 6 heteroatoms. The second-order valence-electron chi connectivity index (χ2n) is 5.92. The van der Waals surface area contributed by atoms with Gasteiger partial charge < -0.3 is 20.1 Å². The molecule has 0 heterocycles. The molecular formula is C22H20N2O4. The molecule has 3 aromatic carbocycles. The molecule has 0 bridgehead atoms. The average Bonchev–Trinajstić information content (AvgIpc) is 2.74. The second kappa shape index (κ2) is 8.73. The Morgan fingerprint density at radius 1 is 0.714 bits per heavy atom. The van der Waals surface area contributed by atoms with Gasteiger partial charge in [-0.1, -0.05) is 30.3 Å². The van der Waals surface area contributed by atoms with E-state index in [0.717, 1.165) is 0 Å². The van der Waals surface area contributed by atoms with Crippen molar-refractivity contribution in [1.29, 1.82) is 0 Å². The van der Waals surface area contributed by atoms with E-state index >= 15 is 0 Å². The first-order valence-electron chi connectivity index (χ1n) is 8.60. The van der Waals surface area contributed by atoms with Crippen molar-refractivity contribution < 1.29 is 19.1 Å². The molecule has 0 fully saturated rings. The Morgan fingerprint density at radius 2 is 1.32 bits per heavy atom. The first-order valence-corrected chi connectivity index (χ1v) is 8.60. The summed E-state index contributed by atoms with van der Waals surface area (Å²) < 4.78 is 10.4. The van der Waals surface area contributed by atoms with Crippen LogP contribution in [0.5, 0.6) is 11.5 Å². The summed E-state index contributed by atoms with van der Waals surface area (Å²) in [5.41, 5.74) is 1.79. The predicted molar refractivity (Wildman–Crippen MR) is 108 cm³/mol. The molecule has 2 amide bonds. The van der Waals surface area contributed by atoms with Gasteiger partial charge in [0.1, 0.15) is 11.5 Å². The molecule has 0 unspecified atom stereocenters. The summed E-state index contributed by atoms with van der Waals surface area (Å²) >= 11 is 0. The number of benzene rings is 3. The predicted octanol–water partition coefficient (Wildman–Crippen LogP) is 4.21. The number of ether oxygens (including phenoxy) is 2. The first-order chi connectivity index (χ1) is 13.6. The molecule has 142 valence electrons. The largest absolute Gasteiger partial charge is 0.497 e. The van der Waals surface area contributed by atoms with Crippen LogP contribution >= 0.6 is 0 Å². The minimum atomic E-state index is -0.362. The van der Waals surface area contributed by atoms with Crippen LogP contribution in [0.1, 0.15) is 20.7 Å². The van der Waals surface area contributed by atoms with Crippen LogP contribution in [0.4, 0.5) is 11.4 Å². The number of hydrogen-bond donors (Lipinski definition) is 2. The van der Waals surface area contributed by atoms with Gasteiger partial charge in [-0.05, 0) is 24.3 Å². The minimum absolute atomic E-state index is 0.288. The highest BCUT2D eigenvalue weighted by Gasteiger charge is 2.15. The van der Waals surface area contributed by atoms with Crippen molar-refractivity contribution in [3.05, 3.63) is 83.9 Å². The number of hydrogen-bond acceptors (Lipinski definition) is 4. The van der Waals surface area contributed by atoms with Crippen LogP contribution in [0.3, 0.4) is 0 Å². The van der Waals surface area contributed by atoms with E-state index in [4.69, 9.17) is 9.47 Å². The molecule has 28 heavy (non-hydrogen) atoms. The highest BCUT2D eigenvalue weighted by molar-refractivity contribution is 6.12. The fourth-order valence-corrected chi connectivity index (χ4v) is 2.65. The lowest BCUT2D eigenvalue weighted by Gasteiger charge is -2.13. The molecule has 6 nitrogen and oxygen atoms in total. The zero-order chi connectivity index (χ0) is 19.9. The normalized spacial score (nSPS) is 10.1. The molecule has 0 aliphatic heterocycles. The van der Waals surface area contributed by atoms with E-state index in [1.54, 1.807) is 66.7 Å². The number of rotatable bonds is 6. The van der Waals surface area contributed by atoms with Gasteiger partial charge in [0.05, 0.1) is 25.5 Å². The van der Waals surface area contributed by atoms with Crippen LogP contribution in [0.15, 0.2) is 72.8 Å². The number of para-hydroxylation sites is 1. The molecule has 0 aliphatic rings. The van der Waals surface area contributed by atoms with E-state index in [9.17, 15) is 9.59 Å². The zero-order valence-electron chi connectivity index (χ0n) is 15.6. The first kappa shape index (κ1) is 19.0. The van der Waals surface area contributed by atoms with Crippen LogP contribution in [-0.2, 0) is 0 Å². The smallest absolute Gasteiger partial charge is 0.257 e. The number of amides is 2. The number of carbonyl (C=O) groups is 2. The fourth-order valence-electron chi connectivity index (χ4n) is 2.65. The molecule has 0 saturated carbocycles. The summed E-state index contributed by atoms with van der Waals surface area (Å²) in [7, 11) is 3.07. The number of nitrogens with one attached hydrogen (secondary N) is 2. The summed E-state index contributed by atoms with van der Waals surface area (Å²) in [6.45, 7) is 0. The van der Waals surface area contributed by atoms with Crippen LogP contribution in [0.2, 0.25) is 0 Å². The van der Waals surface area contributed by atoms with Crippen molar-refractivity contribution >= 4 is 23.2 Å². The van der Waals surface area contributed by atoms with Crippen LogP contribution in [0, 0.1) is 0 Å². The average molecular weight is 376 g/mol. The molecule has 0 aromatic heterocycles. The van der Waals surface area contributed by atoms with Crippen molar-refractivity contribution in [3.63, 3.8) is 0 Å². The van der Waals surface area contributed by atoms with E-state index in [-0.39, 0.29) is 11.8 Å². The summed E-state index contributed by atoms with van der Waals surface area (Å²) in [6, 6.07) is 20.7. The monoisotopic (exact) mass is 376 g/mol. The maximum atomic E-state index is 12.8. The second-order valence-corrected chi connectivity index (χ2v) is 5.92.